The van der Waals surface area contributed by atoms with Crippen LogP contribution in [0.25, 0.3) is 0 Å². The van der Waals surface area contributed by atoms with Crippen LogP contribution in [0.2, 0.25) is 0 Å². The molecule has 0 spiro atoms. The average Bonchev–Trinajstić information content (AvgIpc) is 2.73. The van der Waals surface area contributed by atoms with Gasteiger partial charge in [0.1, 0.15) is 0 Å². The summed E-state index contributed by atoms with van der Waals surface area (Å²) in [4.78, 5) is 26.9. The van der Waals surface area contributed by atoms with Crippen LogP contribution >= 0.6 is 0 Å². The number of nitrogens with zero attached hydrogens (tertiary/aromatic N) is 3. The van der Waals surface area contributed by atoms with E-state index in [2.05, 4.69) is 0 Å². The molecule has 1 heterocycles. The molecule has 1 amide bonds. The highest BCUT2D eigenvalue weighted by molar-refractivity contribution is 6.00. The summed E-state index contributed by atoms with van der Waals surface area (Å²) in [5, 5.41) is 11.2. The van der Waals surface area contributed by atoms with E-state index in [1.165, 1.54) is 36.2 Å². The number of alkyl halides is 3. The molecular formula is C20H20F3N3O4. The number of halogens is 3. The van der Waals surface area contributed by atoms with E-state index in [4.69, 9.17) is 4.74 Å². The number of non-ortho nitro benzene ring substituents is 1. The van der Waals surface area contributed by atoms with Crippen LogP contribution in [0.4, 0.5) is 24.5 Å². The van der Waals surface area contributed by atoms with E-state index in [0.29, 0.717) is 37.6 Å². The lowest BCUT2D eigenvalue weighted by atomic mass is 10.1. The molecule has 0 atom stereocenters. The minimum Gasteiger partial charge on any atom is -0.378 e. The van der Waals surface area contributed by atoms with Gasteiger partial charge in [0.05, 0.1) is 35.0 Å². The van der Waals surface area contributed by atoms with E-state index in [9.17, 15) is 28.1 Å². The molecule has 2 aromatic rings. The standard InChI is InChI=1S/C20H20F3N3O4/c1-24(13-14-2-4-15(5-3-14)20(21,22)23)19(27)17-12-16(26(28)29)6-7-18(17)25-8-10-30-11-9-25/h2-7,12H,8-11,13H2,1H3. The highest BCUT2D eigenvalue weighted by Crippen LogP contribution is 2.30. The van der Waals surface area contributed by atoms with Gasteiger partial charge in [0.2, 0.25) is 0 Å². The molecule has 2 aromatic carbocycles. The largest absolute Gasteiger partial charge is 0.416 e. The highest BCUT2D eigenvalue weighted by atomic mass is 19.4. The molecular weight excluding hydrogens is 403 g/mol. The molecule has 1 aliphatic rings. The highest BCUT2D eigenvalue weighted by Gasteiger charge is 2.30. The van der Waals surface area contributed by atoms with Crippen LogP contribution in [-0.4, -0.2) is 49.1 Å². The number of morpholine rings is 1. The van der Waals surface area contributed by atoms with E-state index in [1.54, 1.807) is 6.07 Å². The lowest BCUT2D eigenvalue weighted by Crippen LogP contribution is -2.38. The van der Waals surface area contributed by atoms with Crippen LogP contribution in [0, 0.1) is 10.1 Å². The Morgan fingerprint density at radius 1 is 1.17 bits per heavy atom. The molecule has 10 heteroatoms. The molecule has 0 aromatic heterocycles. The molecule has 1 aliphatic heterocycles. The van der Waals surface area contributed by atoms with Crippen molar-refractivity contribution in [3.05, 3.63) is 69.3 Å². The zero-order valence-electron chi connectivity index (χ0n) is 16.2. The van der Waals surface area contributed by atoms with Crippen molar-refractivity contribution in [1.82, 2.24) is 4.90 Å². The molecule has 0 saturated carbocycles. The average molecular weight is 423 g/mol. The van der Waals surface area contributed by atoms with Gasteiger partial charge >= 0.3 is 6.18 Å². The number of anilines is 1. The second-order valence-corrected chi connectivity index (χ2v) is 6.91. The van der Waals surface area contributed by atoms with Gasteiger partial charge in [-0.2, -0.15) is 13.2 Å². The third-order valence-corrected chi connectivity index (χ3v) is 4.82. The fraction of sp³-hybridized carbons (Fsp3) is 0.350. The van der Waals surface area contributed by atoms with E-state index in [1.807, 2.05) is 4.90 Å². The SMILES string of the molecule is CN(Cc1ccc(C(F)(F)F)cc1)C(=O)c1cc([N+](=O)[O-])ccc1N1CCOCC1. The Balaban J connectivity index is 1.84. The van der Waals surface area contributed by atoms with Crippen molar-refractivity contribution in [3.63, 3.8) is 0 Å². The molecule has 1 saturated heterocycles. The van der Waals surface area contributed by atoms with Crippen LogP contribution in [0.15, 0.2) is 42.5 Å². The topological polar surface area (TPSA) is 75.9 Å². The number of ether oxygens (including phenoxy) is 1. The summed E-state index contributed by atoms with van der Waals surface area (Å²) >= 11 is 0. The second kappa shape index (κ2) is 8.70. The first kappa shape index (κ1) is 21.6. The number of carbonyl (C=O) groups is 1. The predicted molar refractivity (Wildman–Crippen MR) is 103 cm³/mol. The molecule has 3 rings (SSSR count). The maximum atomic E-state index is 13.1. The third-order valence-electron chi connectivity index (χ3n) is 4.82. The maximum absolute atomic E-state index is 13.1. The van der Waals surface area contributed by atoms with E-state index < -0.39 is 22.6 Å². The van der Waals surface area contributed by atoms with Gasteiger partial charge < -0.3 is 14.5 Å². The fourth-order valence-electron chi connectivity index (χ4n) is 3.24. The molecule has 7 nitrogen and oxygen atoms in total. The Labute approximate surface area is 170 Å². The van der Waals surface area contributed by atoms with Crippen molar-refractivity contribution in [1.29, 1.82) is 0 Å². The van der Waals surface area contributed by atoms with Crippen molar-refractivity contribution < 1.29 is 27.6 Å². The fourth-order valence-corrected chi connectivity index (χ4v) is 3.24. The van der Waals surface area contributed by atoms with Crippen LogP contribution in [0.1, 0.15) is 21.5 Å². The monoisotopic (exact) mass is 423 g/mol. The maximum Gasteiger partial charge on any atom is 0.416 e. The number of hydrogen-bond donors (Lipinski definition) is 0. The van der Waals surface area contributed by atoms with E-state index >= 15 is 0 Å². The number of nitro benzene ring substituents is 1. The summed E-state index contributed by atoms with van der Waals surface area (Å²) in [7, 11) is 1.50. The molecule has 0 aliphatic carbocycles. The molecule has 0 unspecified atom stereocenters. The first-order chi connectivity index (χ1) is 14.2. The summed E-state index contributed by atoms with van der Waals surface area (Å²) < 4.78 is 43.5. The van der Waals surface area contributed by atoms with Crippen LogP contribution in [-0.2, 0) is 17.5 Å². The van der Waals surface area contributed by atoms with Gasteiger partial charge in [-0.1, -0.05) is 12.1 Å². The molecule has 1 fully saturated rings. The Morgan fingerprint density at radius 2 is 1.80 bits per heavy atom. The Hall–Kier alpha value is -3.14. The number of benzene rings is 2. The second-order valence-electron chi connectivity index (χ2n) is 6.91. The van der Waals surface area contributed by atoms with Gasteiger partial charge in [-0.25, -0.2) is 0 Å². The van der Waals surface area contributed by atoms with Crippen molar-refractivity contribution in [2.24, 2.45) is 0 Å². The van der Waals surface area contributed by atoms with E-state index in [-0.39, 0.29) is 17.8 Å². The molecule has 0 bridgehead atoms. The number of carbonyl (C=O) groups excluding carboxylic acids is 1. The predicted octanol–water partition coefficient (Wildman–Crippen LogP) is 3.72. The first-order valence-corrected chi connectivity index (χ1v) is 9.19. The lowest BCUT2D eigenvalue weighted by molar-refractivity contribution is -0.384. The van der Waals surface area contributed by atoms with Gasteiger partial charge in [0, 0.05) is 38.8 Å². The van der Waals surface area contributed by atoms with Crippen LogP contribution in [0.5, 0.6) is 0 Å². The molecule has 30 heavy (non-hydrogen) atoms. The summed E-state index contributed by atoms with van der Waals surface area (Å²) in [6.45, 7) is 2.10. The normalized spacial score (nSPS) is 14.5. The third kappa shape index (κ3) is 4.88. The molecule has 0 radical (unpaired) electrons. The van der Waals surface area contributed by atoms with Gasteiger partial charge in [0.25, 0.3) is 11.6 Å². The summed E-state index contributed by atoms with van der Waals surface area (Å²) in [6.07, 6.45) is -4.43. The quantitative estimate of drug-likeness (QED) is 0.541. The summed E-state index contributed by atoms with van der Waals surface area (Å²) in [5.74, 6) is -0.458. The smallest absolute Gasteiger partial charge is 0.378 e. The number of rotatable bonds is 5. The van der Waals surface area contributed by atoms with Crippen molar-refractivity contribution in [2.75, 3.05) is 38.3 Å². The van der Waals surface area contributed by atoms with Crippen molar-refractivity contribution in [2.45, 2.75) is 12.7 Å². The Bertz CT molecular complexity index is 926. The van der Waals surface area contributed by atoms with Crippen LogP contribution in [0.3, 0.4) is 0 Å². The summed E-state index contributed by atoms with van der Waals surface area (Å²) in [5.41, 5.74) is 0.262. The summed E-state index contributed by atoms with van der Waals surface area (Å²) in [6, 6.07) is 8.66. The number of hydrogen-bond acceptors (Lipinski definition) is 5. The Morgan fingerprint density at radius 3 is 2.37 bits per heavy atom. The number of nitro groups is 1. The first-order valence-electron chi connectivity index (χ1n) is 9.19. The zero-order chi connectivity index (χ0) is 21.9. The van der Waals surface area contributed by atoms with Gasteiger partial charge in [-0.15, -0.1) is 0 Å². The Kier molecular flexibility index (Phi) is 6.25. The minimum absolute atomic E-state index is 0.0578. The van der Waals surface area contributed by atoms with Crippen LogP contribution < -0.4 is 4.90 Å². The van der Waals surface area contributed by atoms with Crippen molar-refractivity contribution in [3.8, 4) is 0 Å². The minimum atomic E-state index is -4.43. The molecule has 0 N–H and O–H groups in total. The van der Waals surface area contributed by atoms with E-state index in [0.717, 1.165) is 12.1 Å². The number of amides is 1. The zero-order valence-corrected chi connectivity index (χ0v) is 16.2. The van der Waals surface area contributed by atoms with Gasteiger partial charge in [0.15, 0.2) is 0 Å². The molecule has 160 valence electrons. The lowest BCUT2D eigenvalue weighted by Gasteiger charge is -2.31. The van der Waals surface area contributed by atoms with Gasteiger partial charge in [-0.05, 0) is 23.8 Å². The van der Waals surface area contributed by atoms with Gasteiger partial charge in [-0.3, -0.25) is 14.9 Å². The van der Waals surface area contributed by atoms with Crippen molar-refractivity contribution >= 4 is 17.3 Å².